The van der Waals surface area contributed by atoms with Gasteiger partial charge in [-0.2, -0.15) is 0 Å². The first-order valence-corrected chi connectivity index (χ1v) is 5.32. The first-order chi connectivity index (χ1) is 8.24. The standard InChI is InChI=1S/C12H11FN4/c1-16-7-9(14-15-16)8-17-6-5-10-11(13)3-2-4-12(10)17/h2-7H,8H2,1H3. The first kappa shape index (κ1) is 10.0. The van der Waals surface area contributed by atoms with Gasteiger partial charge >= 0.3 is 0 Å². The van der Waals surface area contributed by atoms with Crippen LogP contribution in [0.2, 0.25) is 0 Å². The van der Waals surface area contributed by atoms with Crippen LogP contribution in [0, 0.1) is 5.82 Å². The Labute approximate surface area is 97.3 Å². The molecule has 0 saturated carbocycles. The molecule has 0 atom stereocenters. The number of aromatic nitrogens is 4. The molecule has 0 spiro atoms. The Morgan fingerprint density at radius 1 is 1.29 bits per heavy atom. The third kappa shape index (κ3) is 1.69. The maximum absolute atomic E-state index is 13.5. The summed E-state index contributed by atoms with van der Waals surface area (Å²) in [7, 11) is 1.82. The van der Waals surface area contributed by atoms with E-state index in [4.69, 9.17) is 0 Å². The Bertz CT molecular complexity index is 668. The summed E-state index contributed by atoms with van der Waals surface area (Å²) in [6.07, 6.45) is 3.72. The van der Waals surface area contributed by atoms with Gasteiger partial charge < -0.3 is 4.57 Å². The summed E-state index contributed by atoms with van der Waals surface area (Å²) in [5.41, 5.74) is 1.73. The zero-order valence-electron chi connectivity index (χ0n) is 9.34. The van der Waals surface area contributed by atoms with Gasteiger partial charge in [-0.05, 0) is 18.2 Å². The molecule has 5 heteroatoms. The van der Waals surface area contributed by atoms with Gasteiger partial charge in [0.25, 0.3) is 0 Å². The van der Waals surface area contributed by atoms with Gasteiger partial charge in [-0.25, -0.2) is 4.39 Å². The van der Waals surface area contributed by atoms with E-state index in [0.29, 0.717) is 11.9 Å². The lowest BCUT2D eigenvalue weighted by Crippen LogP contribution is -1.98. The largest absolute Gasteiger partial charge is 0.341 e. The van der Waals surface area contributed by atoms with Crippen LogP contribution in [0.5, 0.6) is 0 Å². The topological polar surface area (TPSA) is 35.6 Å². The van der Waals surface area contributed by atoms with E-state index in [-0.39, 0.29) is 5.82 Å². The van der Waals surface area contributed by atoms with Crippen molar-refractivity contribution in [1.29, 1.82) is 0 Å². The predicted molar refractivity (Wildman–Crippen MR) is 62.0 cm³/mol. The van der Waals surface area contributed by atoms with Gasteiger partial charge in [-0.3, -0.25) is 4.68 Å². The second-order valence-corrected chi connectivity index (χ2v) is 4.00. The second-order valence-electron chi connectivity index (χ2n) is 4.00. The van der Waals surface area contributed by atoms with Crippen LogP contribution in [0.3, 0.4) is 0 Å². The van der Waals surface area contributed by atoms with Crippen LogP contribution in [0.15, 0.2) is 36.7 Å². The van der Waals surface area contributed by atoms with Crippen LogP contribution >= 0.6 is 0 Å². The molecule has 0 saturated heterocycles. The molecule has 0 aliphatic heterocycles. The van der Waals surface area contributed by atoms with E-state index in [1.165, 1.54) is 6.07 Å². The highest BCUT2D eigenvalue weighted by Gasteiger charge is 2.06. The van der Waals surface area contributed by atoms with Crippen LogP contribution in [-0.4, -0.2) is 19.6 Å². The normalized spacial score (nSPS) is 11.2. The first-order valence-electron chi connectivity index (χ1n) is 5.32. The molecule has 0 aliphatic carbocycles. The molecule has 0 unspecified atom stereocenters. The molecule has 0 fully saturated rings. The number of halogens is 1. The zero-order chi connectivity index (χ0) is 11.8. The van der Waals surface area contributed by atoms with Crippen molar-refractivity contribution in [3.05, 3.63) is 48.2 Å². The third-order valence-electron chi connectivity index (χ3n) is 2.74. The minimum absolute atomic E-state index is 0.194. The fourth-order valence-electron chi connectivity index (χ4n) is 1.97. The van der Waals surface area contributed by atoms with Crippen LogP contribution in [0.25, 0.3) is 10.9 Å². The lowest BCUT2D eigenvalue weighted by molar-refractivity contribution is 0.639. The van der Waals surface area contributed by atoms with Crippen molar-refractivity contribution >= 4 is 10.9 Å². The maximum atomic E-state index is 13.5. The quantitative estimate of drug-likeness (QED) is 0.674. The van der Waals surface area contributed by atoms with Crippen molar-refractivity contribution in [3.8, 4) is 0 Å². The van der Waals surface area contributed by atoms with Gasteiger partial charge in [0.2, 0.25) is 0 Å². The summed E-state index contributed by atoms with van der Waals surface area (Å²) >= 11 is 0. The Hall–Kier alpha value is -2.17. The van der Waals surface area contributed by atoms with E-state index in [9.17, 15) is 4.39 Å². The Morgan fingerprint density at radius 2 is 2.18 bits per heavy atom. The minimum atomic E-state index is -0.194. The van der Waals surface area contributed by atoms with Gasteiger partial charge in [-0.15, -0.1) is 5.10 Å². The van der Waals surface area contributed by atoms with E-state index < -0.39 is 0 Å². The van der Waals surface area contributed by atoms with Crippen molar-refractivity contribution in [3.63, 3.8) is 0 Å². The van der Waals surface area contributed by atoms with Crippen molar-refractivity contribution < 1.29 is 4.39 Å². The lowest BCUT2D eigenvalue weighted by atomic mass is 10.2. The van der Waals surface area contributed by atoms with Gasteiger partial charge in [0.05, 0.1) is 12.1 Å². The Morgan fingerprint density at radius 3 is 2.94 bits per heavy atom. The molecular formula is C12H11FN4. The van der Waals surface area contributed by atoms with Crippen molar-refractivity contribution in [2.75, 3.05) is 0 Å². The second kappa shape index (κ2) is 3.69. The number of benzene rings is 1. The number of rotatable bonds is 2. The molecule has 2 heterocycles. The molecule has 86 valence electrons. The molecule has 3 aromatic rings. The Balaban J connectivity index is 2.04. The lowest BCUT2D eigenvalue weighted by Gasteiger charge is -2.02. The average molecular weight is 230 g/mol. The number of aryl methyl sites for hydroxylation is 1. The van der Waals surface area contributed by atoms with E-state index >= 15 is 0 Å². The summed E-state index contributed by atoms with van der Waals surface area (Å²) in [5, 5.41) is 8.53. The van der Waals surface area contributed by atoms with E-state index in [1.807, 2.05) is 30.1 Å². The van der Waals surface area contributed by atoms with Crippen molar-refractivity contribution in [2.24, 2.45) is 7.05 Å². The molecule has 2 aromatic heterocycles. The fourth-order valence-corrected chi connectivity index (χ4v) is 1.97. The molecule has 0 bridgehead atoms. The monoisotopic (exact) mass is 230 g/mol. The van der Waals surface area contributed by atoms with Crippen LogP contribution in [0.1, 0.15) is 5.69 Å². The van der Waals surface area contributed by atoms with Crippen molar-refractivity contribution in [1.82, 2.24) is 19.6 Å². The molecule has 0 aliphatic rings. The van der Waals surface area contributed by atoms with Crippen LogP contribution < -0.4 is 0 Å². The molecule has 0 amide bonds. The van der Waals surface area contributed by atoms with E-state index in [2.05, 4.69) is 10.3 Å². The molecule has 3 rings (SSSR count). The summed E-state index contributed by atoms with van der Waals surface area (Å²) in [4.78, 5) is 0. The molecule has 1 aromatic carbocycles. The average Bonchev–Trinajstić information content (AvgIpc) is 2.88. The highest BCUT2D eigenvalue weighted by atomic mass is 19.1. The number of nitrogens with zero attached hydrogens (tertiary/aromatic N) is 4. The minimum Gasteiger partial charge on any atom is -0.341 e. The van der Waals surface area contributed by atoms with Crippen molar-refractivity contribution in [2.45, 2.75) is 6.54 Å². The third-order valence-corrected chi connectivity index (χ3v) is 2.74. The smallest absolute Gasteiger partial charge is 0.132 e. The molecule has 0 radical (unpaired) electrons. The Kier molecular flexibility index (Phi) is 2.18. The number of hydrogen-bond donors (Lipinski definition) is 0. The SMILES string of the molecule is Cn1cc(Cn2ccc3c(F)cccc32)nn1. The summed E-state index contributed by atoms with van der Waals surface area (Å²) in [6, 6.07) is 6.86. The molecule has 17 heavy (non-hydrogen) atoms. The van der Waals surface area contributed by atoms with Crippen LogP contribution in [-0.2, 0) is 13.6 Å². The summed E-state index contributed by atoms with van der Waals surface area (Å²) in [6.45, 7) is 0.598. The highest BCUT2D eigenvalue weighted by Crippen LogP contribution is 2.19. The van der Waals surface area contributed by atoms with Gasteiger partial charge in [0.15, 0.2) is 0 Å². The summed E-state index contributed by atoms with van der Waals surface area (Å²) in [5.74, 6) is -0.194. The molecular weight excluding hydrogens is 219 g/mol. The maximum Gasteiger partial charge on any atom is 0.132 e. The fraction of sp³-hybridized carbons (Fsp3) is 0.167. The summed E-state index contributed by atoms with van der Waals surface area (Å²) < 4.78 is 17.1. The number of fused-ring (bicyclic) bond motifs is 1. The van der Waals surface area contributed by atoms with E-state index in [1.54, 1.807) is 16.8 Å². The predicted octanol–water partition coefficient (Wildman–Crippen LogP) is 1.96. The van der Waals surface area contributed by atoms with Gasteiger partial charge in [0, 0.05) is 24.8 Å². The van der Waals surface area contributed by atoms with Crippen LogP contribution in [0.4, 0.5) is 4.39 Å². The molecule has 4 nitrogen and oxygen atoms in total. The van der Waals surface area contributed by atoms with Gasteiger partial charge in [-0.1, -0.05) is 11.3 Å². The highest BCUT2D eigenvalue weighted by molar-refractivity contribution is 5.80. The molecule has 0 N–H and O–H groups in total. The van der Waals surface area contributed by atoms with Gasteiger partial charge in [0.1, 0.15) is 11.5 Å². The zero-order valence-corrected chi connectivity index (χ0v) is 9.34. The number of hydrogen-bond acceptors (Lipinski definition) is 2. The van der Waals surface area contributed by atoms with E-state index in [0.717, 1.165) is 11.2 Å².